The van der Waals surface area contributed by atoms with Crippen LogP contribution in [-0.4, -0.2) is 35.6 Å². The van der Waals surface area contributed by atoms with E-state index in [4.69, 9.17) is 19.5 Å². The molecule has 6 nitrogen and oxygen atoms in total. The molecule has 0 radical (unpaired) electrons. The summed E-state index contributed by atoms with van der Waals surface area (Å²) >= 11 is 0. The molecule has 1 N–H and O–H groups in total. The number of hydrogen-bond donors (Lipinski definition) is 1. The van der Waals surface area contributed by atoms with E-state index < -0.39 is 15.8 Å². The minimum atomic E-state index is -2.62. The van der Waals surface area contributed by atoms with E-state index in [1.54, 1.807) is 37.4 Å². The zero-order chi connectivity index (χ0) is 17.7. The number of nitrogens with one attached hydrogen (secondary N) is 1. The summed E-state index contributed by atoms with van der Waals surface area (Å²) in [6.07, 6.45) is 4.32. The van der Waals surface area contributed by atoms with Gasteiger partial charge < -0.3 is 9.47 Å². The van der Waals surface area contributed by atoms with Crippen molar-refractivity contribution in [3.05, 3.63) is 47.2 Å². The third kappa shape index (κ3) is 4.46. The van der Waals surface area contributed by atoms with Crippen molar-refractivity contribution in [2.75, 3.05) is 18.6 Å². The van der Waals surface area contributed by atoms with Gasteiger partial charge in [-0.05, 0) is 25.8 Å². The summed E-state index contributed by atoms with van der Waals surface area (Å²) in [5.74, 6) is 1.10. The highest BCUT2D eigenvalue weighted by molar-refractivity contribution is 7.91. The average molecular weight is 345 g/mol. The Kier molecular flexibility index (Phi) is 5.42. The molecule has 24 heavy (non-hydrogen) atoms. The molecule has 1 aliphatic rings. The van der Waals surface area contributed by atoms with E-state index in [1.165, 1.54) is 6.26 Å². The molecule has 0 fully saturated rings. The Morgan fingerprint density at radius 1 is 1.62 bits per heavy atom. The fourth-order valence-corrected chi connectivity index (χ4v) is 3.39. The van der Waals surface area contributed by atoms with Crippen molar-refractivity contribution in [1.29, 1.82) is 10.0 Å². The fraction of sp³-hybridized carbons (Fsp3) is 0.294. The highest BCUT2D eigenvalue weighted by Crippen LogP contribution is 2.36. The first kappa shape index (κ1) is 17.8. The Morgan fingerprint density at radius 3 is 3.00 bits per heavy atom. The molecule has 2 unspecified atom stereocenters. The molecule has 1 aliphatic heterocycles. The van der Waals surface area contributed by atoms with Gasteiger partial charge in [0.1, 0.15) is 12.7 Å². The molecular formula is C17H19N3O3S. The van der Waals surface area contributed by atoms with E-state index in [1.807, 2.05) is 0 Å². The smallest absolute Gasteiger partial charge is 0.179 e. The number of hydrogen-bond acceptors (Lipinski definition) is 6. The van der Waals surface area contributed by atoms with E-state index in [2.05, 4.69) is 17.8 Å². The average Bonchev–Trinajstić information content (AvgIpc) is 2.51. The molecule has 0 saturated carbocycles. The van der Waals surface area contributed by atoms with E-state index in [0.29, 0.717) is 22.6 Å². The summed E-state index contributed by atoms with van der Waals surface area (Å²) in [5.41, 5.74) is 1.91. The maximum absolute atomic E-state index is 11.6. The first-order valence-corrected chi connectivity index (χ1v) is 9.34. The quantitative estimate of drug-likeness (QED) is 0.655. The maximum Gasteiger partial charge on any atom is 0.179 e. The van der Waals surface area contributed by atoms with E-state index in [0.717, 1.165) is 5.57 Å². The molecular weight excluding hydrogens is 326 g/mol. The number of nitriles is 1. The standard InChI is InChI=1S/C17H19N3O3S/c1-12(11-24(3,19)21)7-14(9-20-2)16-10-22-17-13(8-18)5-4-6-15(17)23-16/h4-7,9,16,19H,2,10-11H2,1,3H3/b12-7+,14-9+. The van der Waals surface area contributed by atoms with Gasteiger partial charge in [0.25, 0.3) is 0 Å². The largest absolute Gasteiger partial charge is 0.484 e. The molecule has 1 heterocycles. The molecule has 0 bridgehead atoms. The molecule has 0 aliphatic carbocycles. The number of aliphatic imine (C=N–C) groups is 1. The Bertz CT molecular complexity index is 848. The summed E-state index contributed by atoms with van der Waals surface area (Å²) in [6.45, 7) is 5.49. The highest BCUT2D eigenvalue weighted by Gasteiger charge is 2.25. The predicted octanol–water partition coefficient (Wildman–Crippen LogP) is 2.91. The SMILES string of the molecule is C=N/C=C(\C=C(/C)CS(C)(=N)=O)C1COc2c(C#N)cccc2O1. The lowest BCUT2D eigenvalue weighted by Gasteiger charge is -2.27. The van der Waals surface area contributed by atoms with Crippen LogP contribution in [0.2, 0.25) is 0 Å². The Morgan fingerprint density at radius 2 is 2.38 bits per heavy atom. The second kappa shape index (κ2) is 7.32. The van der Waals surface area contributed by atoms with Crippen LogP contribution >= 0.6 is 0 Å². The van der Waals surface area contributed by atoms with Gasteiger partial charge >= 0.3 is 0 Å². The van der Waals surface area contributed by atoms with Crippen molar-refractivity contribution in [2.45, 2.75) is 13.0 Å². The Balaban J connectivity index is 2.28. The molecule has 7 heteroatoms. The maximum atomic E-state index is 11.6. The molecule has 2 rings (SSSR count). The van der Waals surface area contributed by atoms with Crippen LogP contribution in [0.3, 0.4) is 0 Å². The summed E-state index contributed by atoms with van der Waals surface area (Å²) in [5, 5.41) is 9.11. The van der Waals surface area contributed by atoms with Gasteiger partial charge in [-0.3, -0.25) is 9.77 Å². The van der Waals surface area contributed by atoms with Crippen molar-refractivity contribution in [3.8, 4) is 17.6 Å². The third-order valence-corrected chi connectivity index (χ3v) is 4.28. The van der Waals surface area contributed by atoms with Crippen LogP contribution in [0.15, 0.2) is 46.6 Å². The van der Waals surface area contributed by atoms with Crippen molar-refractivity contribution in [3.63, 3.8) is 0 Å². The van der Waals surface area contributed by atoms with Gasteiger partial charge in [0.2, 0.25) is 0 Å². The summed E-state index contributed by atoms with van der Waals surface area (Å²) < 4.78 is 30.8. The molecule has 2 atom stereocenters. The van der Waals surface area contributed by atoms with Crippen molar-refractivity contribution in [1.82, 2.24) is 0 Å². The topological polar surface area (TPSA) is 95.5 Å². The molecule has 126 valence electrons. The summed E-state index contributed by atoms with van der Waals surface area (Å²) in [7, 11) is -2.62. The second-order valence-corrected chi connectivity index (χ2v) is 7.91. The first-order valence-electron chi connectivity index (χ1n) is 7.21. The minimum absolute atomic E-state index is 0.171. The van der Waals surface area contributed by atoms with Crippen molar-refractivity contribution < 1.29 is 13.7 Å². The van der Waals surface area contributed by atoms with Gasteiger partial charge in [0.05, 0.1) is 11.3 Å². The van der Waals surface area contributed by atoms with E-state index >= 15 is 0 Å². The van der Waals surface area contributed by atoms with Crippen LogP contribution in [0, 0.1) is 16.1 Å². The zero-order valence-corrected chi connectivity index (χ0v) is 14.4. The predicted molar refractivity (Wildman–Crippen MR) is 94.1 cm³/mol. The second-order valence-electron chi connectivity index (χ2n) is 5.61. The number of rotatable bonds is 5. The van der Waals surface area contributed by atoms with Gasteiger partial charge in [-0.1, -0.05) is 17.7 Å². The van der Waals surface area contributed by atoms with Crippen LogP contribution in [0.5, 0.6) is 11.5 Å². The van der Waals surface area contributed by atoms with Gasteiger partial charge in [-0.15, -0.1) is 0 Å². The lowest BCUT2D eigenvalue weighted by Crippen LogP contribution is -2.31. The molecule has 0 amide bonds. The first-order chi connectivity index (χ1) is 11.3. The third-order valence-electron chi connectivity index (χ3n) is 3.28. The Labute approximate surface area is 142 Å². The van der Waals surface area contributed by atoms with Crippen LogP contribution < -0.4 is 9.47 Å². The lowest BCUT2D eigenvalue weighted by atomic mass is 10.1. The number of fused-ring (bicyclic) bond motifs is 1. The van der Waals surface area contributed by atoms with Gasteiger partial charge in [0, 0.05) is 27.8 Å². The zero-order valence-electron chi connectivity index (χ0n) is 13.6. The van der Waals surface area contributed by atoms with Crippen LogP contribution in [0.25, 0.3) is 0 Å². The van der Waals surface area contributed by atoms with Gasteiger partial charge in [0.15, 0.2) is 17.6 Å². The Hall–Kier alpha value is -2.59. The van der Waals surface area contributed by atoms with Crippen molar-refractivity contribution in [2.24, 2.45) is 4.99 Å². The van der Waals surface area contributed by atoms with Crippen LogP contribution in [0.1, 0.15) is 12.5 Å². The number of ether oxygens (including phenoxy) is 2. The number of benzene rings is 1. The normalized spacial score (nSPS) is 20.0. The molecule has 0 spiro atoms. The lowest BCUT2D eigenvalue weighted by molar-refractivity contribution is 0.117. The summed E-state index contributed by atoms with van der Waals surface area (Å²) in [4.78, 5) is 3.79. The molecule has 1 aromatic carbocycles. The van der Waals surface area contributed by atoms with E-state index in [9.17, 15) is 4.21 Å². The summed E-state index contributed by atoms with van der Waals surface area (Å²) in [6, 6.07) is 7.20. The minimum Gasteiger partial charge on any atom is -0.484 e. The highest BCUT2D eigenvalue weighted by atomic mass is 32.2. The van der Waals surface area contributed by atoms with Crippen LogP contribution in [0.4, 0.5) is 0 Å². The van der Waals surface area contributed by atoms with Gasteiger partial charge in [-0.25, -0.2) is 4.21 Å². The molecule has 0 aromatic heterocycles. The van der Waals surface area contributed by atoms with Crippen molar-refractivity contribution >= 4 is 16.4 Å². The van der Waals surface area contributed by atoms with Crippen LogP contribution in [-0.2, 0) is 9.73 Å². The number of para-hydroxylation sites is 1. The monoisotopic (exact) mass is 345 g/mol. The number of nitrogens with zero attached hydrogens (tertiary/aromatic N) is 2. The van der Waals surface area contributed by atoms with Gasteiger partial charge in [-0.2, -0.15) is 5.26 Å². The fourth-order valence-electron chi connectivity index (χ4n) is 2.44. The molecule has 1 aromatic rings. The van der Waals surface area contributed by atoms with E-state index in [-0.39, 0.29) is 12.4 Å². The molecule has 0 saturated heterocycles.